The maximum absolute atomic E-state index is 12.4. The molecule has 0 aliphatic carbocycles. The lowest BCUT2D eigenvalue weighted by Gasteiger charge is -2.12. The second-order valence-corrected chi connectivity index (χ2v) is 9.61. The van der Waals surface area contributed by atoms with E-state index >= 15 is 0 Å². The lowest BCUT2D eigenvalue weighted by Crippen LogP contribution is -2.24. The Morgan fingerprint density at radius 3 is 2.65 bits per heavy atom. The monoisotopic (exact) mass is 485 g/mol. The van der Waals surface area contributed by atoms with Gasteiger partial charge in [0.25, 0.3) is 0 Å². The Morgan fingerprint density at radius 1 is 1.03 bits per heavy atom. The van der Waals surface area contributed by atoms with Crippen LogP contribution in [0.2, 0.25) is 0 Å². The first-order chi connectivity index (χ1) is 16.7. The van der Waals surface area contributed by atoms with Crippen LogP contribution >= 0.6 is 23.1 Å². The van der Waals surface area contributed by atoms with Gasteiger partial charge in [0.1, 0.15) is 0 Å². The zero-order valence-corrected chi connectivity index (χ0v) is 20.3. The van der Waals surface area contributed by atoms with Gasteiger partial charge in [0.05, 0.1) is 23.5 Å². The number of rotatable bonds is 8. The normalized spacial score (nSPS) is 11.1. The summed E-state index contributed by atoms with van der Waals surface area (Å²) < 4.78 is 2.06. The molecule has 0 spiro atoms. The molecular weight excluding hydrogens is 462 g/mol. The van der Waals surface area contributed by atoms with Gasteiger partial charge in [-0.3, -0.25) is 4.79 Å². The molecule has 34 heavy (non-hydrogen) atoms. The van der Waals surface area contributed by atoms with Crippen molar-refractivity contribution in [3.8, 4) is 22.6 Å². The SMILES string of the molecule is CCn1c(SCC(=O)NCc2cccs2)nnc1-c1cc(-c2ccccc2)nc2ccccc12. The second-order valence-electron chi connectivity index (χ2n) is 7.63. The van der Waals surface area contributed by atoms with Crippen molar-refractivity contribution in [3.05, 3.63) is 83.1 Å². The van der Waals surface area contributed by atoms with E-state index in [1.54, 1.807) is 11.3 Å². The van der Waals surface area contributed by atoms with Crippen molar-refractivity contribution >= 4 is 39.9 Å². The minimum atomic E-state index is -0.0219. The highest BCUT2D eigenvalue weighted by atomic mass is 32.2. The van der Waals surface area contributed by atoms with Gasteiger partial charge in [-0.05, 0) is 30.5 Å². The molecule has 0 radical (unpaired) electrons. The molecule has 6 nitrogen and oxygen atoms in total. The number of benzene rings is 2. The van der Waals surface area contributed by atoms with Crippen molar-refractivity contribution < 1.29 is 4.79 Å². The number of aromatic nitrogens is 4. The third kappa shape index (κ3) is 4.73. The second kappa shape index (κ2) is 10.2. The van der Waals surface area contributed by atoms with Crippen LogP contribution in [-0.2, 0) is 17.9 Å². The Bertz CT molecular complexity index is 1410. The quantitative estimate of drug-likeness (QED) is 0.288. The smallest absolute Gasteiger partial charge is 0.230 e. The van der Waals surface area contributed by atoms with Crippen molar-refractivity contribution in [1.82, 2.24) is 25.1 Å². The Morgan fingerprint density at radius 2 is 1.85 bits per heavy atom. The molecule has 0 aliphatic rings. The number of pyridine rings is 1. The molecule has 0 atom stereocenters. The van der Waals surface area contributed by atoms with E-state index in [0.29, 0.717) is 13.1 Å². The summed E-state index contributed by atoms with van der Waals surface area (Å²) in [7, 11) is 0. The number of thiophene rings is 1. The summed E-state index contributed by atoms with van der Waals surface area (Å²) in [6.07, 6.45) is 0. The van der Waals surface area contributed by atoms with Crippen LogP contribution in [0.25, 0.3) is 33.5 Å². The summed E-state index contributed by atoms with van der Waals surface area (Å²) in [6, 6.07) is 24.3. The van der Waals surface area contributed by atoms with Crippen molar-refractivity contribution in [2.45, 2.75) is 25.2 Å². The predicted octanol–water partition coefficient (Wildman–Crippen LogP) is 5.65. The number of nitrogens with one attached hydrogen (secondary N) is 1. The number of fused-ring (bicyclic) bond motifs is 1. The molecule has 1 N–H and O–H groups in total. The van der Waals surface area contributed by atoms with E-state index in [-0.39, 0.29) is 11.7 Å². The molecule has 5 aromatic rings. The number of hydrogen-bond acceptors (Lipinski definition) is 6. The average Bonchev–Trinajstić information content (AvgIpc) is 3.56. The van der Waals surface area contributed by atoms with Gasteiger partial charge in [-0.1, -0.05) is 66.4 Å². The fourth-order valence-corrected chi connectivity index (χ4v) is 5.25. The Hall–Kier alpha value is -3.49. The van der Waals surface area contributed by atoms with Gasteiger partial charge in [-0.25, -0.2) is 4.98 Å². The van der Waals surface area contributed by atoms with E-state index in [1.165, 1.54) is 11.8 Å². The summed E-state index contributed by atoms with van der Waals surface area (Å²) in [5.41, 5.74) is 3.83. The third-order valence-corrected chi connectivity index (χ3v) is 7.28. The summed E-state index contributed by atoms with van der Waals surface area (Å²) in [6.45, 7) is 3.31. The van der Waals surface area contributed by atoms with Gasteiger partial charge >= 0.3 is 0 Å². The molecule has 2 aromatic carbocycles. The Balaban J connectivity index is 1.44. The minimum Gasteiger partial charge on any atom is -0.350 e. The summed E-state index contributed by atoms with van der Waals surface area (Å²) in [5, 5.41) is 15.7. The number of para-hydroxylation sites is 1. The van der Waals surface area contributed by atoms with Gasteiger partial charge in [0, 0.05) is 27.9 Å². The maximum atomic E-state index is 12.4. The zero-order chi connectivity index (χ0) is 23.3. The molecule has 0 aliphatic heterocycles. The maximum Gasteiger partial charge on any atom is 0.230 e. The van der Waals surface area contributed by atoms with Crippen LogP contribution in [0.15, 0.2) is 83.3 Å². The summed E-state index contributed by atoms with van der Waals surface area (Å²) in [5.74, 6) is 1.04. The molecule has 3 heterocycles. The molecular formula is C26H23N5OS2. The molecule has 0 saturated heterocycles. The van der Waals surface area contributed by atoms with Crippen molar-refractivity contribution in [2.75, 3.05) is 5.75 Å². The average molecular weight is 486 g/mol. The van der Waals surface area contributed by atoms with E-state index in [0.717, 1.165) is 43.6 Å². The van der Waals surface area contributed by atoms with Crippen molar-refractivity contribution in [1.29, 1.82) is 0 Å². The number of nitrogens with zero attached hydrogens (tertiary/aromatic N) is 4. The number of hydrogen-bond donors (Lipinski definition) is 1. The van der Waals surface area contributed by atoms with Crippen molar-refractivity contribution in [2.24, 2.45) is 0 Å². The van der Waals surface area contributed by atoms with Crippen LogP contribution in [0, 0.1) is 0 Å². The van der Waals surface area contributed by atoms with Crippen molar-refractivity contribution in [3.63, 3.8) is 0 Å². The molecule has 5 rings (SSSR count). The van der Waals surface area contributed by atoms with E-state index < -0.39 is 0 Å². The lowest BCUT2D eigenvalue weighted by molar-refractivity contribution is -0.118. The highest BCUT2D eigenvalue weighted by Gasteiger charge is 2.18. The fraction of sp³-hybridized carbons (Fsp3) is 0.154. The van der Waals surface area contributed by atoms with Crippen LogP contribution in [0.4, 0.5) is 0 Å². The molecule has 8 heteroatoms. The lowest BCUT2D eigenvalue weighted by atomic mass is 10.0. The highest BCUT2D eigenvalue weighted by Crippen LogP contribution is 2.32. The largest absolute Gasteiger partial charge is 0.350 e. The van der Waals surface area contributed by atoms with Gasteiger partial charge in [0.15, 0.2) is 11.0 Å². The summed E-state index contributed by atoms with van der Waals surface area (Å²) >= 11 is 3.04. The number of amides is 1. The number of carbonyl (C=O) groups is 1. The first kappa shape index (κ1) is 22.3. The Labute approximate surface area is 206 Å². The topological polar surface area (TPSA) is 72.7 Å². The molecule has 0 fully saturated rings. The van der Waals surface area contributed by atoms with Crippen LogP contribution < -0.4 is 5.32 Å². The molecule has 0 saturated carbocycles. The molecule has 0 bridgehead atoms. The molecule has 0 unspecified atom stereocenters. The zero-order valence-electron chi connectivity index (χ0n) is 18.6. The first-order valence-corrected chi connectivity index (χ1v) is 12.9. The minimum absolute atomic E-state index is 0.0219. The fourth-order valence-electron chi connectivity index (χ4n) is 3.78. The standard InChI is InChI=1S/C26H23N5OS2/c1-2-31-25(29-30-26(31)34-17-24(32)27-16-19-11-8-14-33-19)21-15-23(18-9-4-3-5-10-18)28-22-13-7-6-12-20(21)22/h3-15H,2,16-17H2,1H3,(H,27,32). The van der Waals surface area contributed by atoms with Crippen LogP contribution in [0.1, 0.15) is 11.8 Å². The van der Waals surface area contributed by atoms with Crippen LogP contribution in [-0.4, -0.2) is 31.4 Å². The third-order valence-electron chi connectivity index (χ3n) is 5.43. The first-order valence-electron chi connectivity index (χ1n) is 11.0. The van der Waals surface area contributed by atoms with E-state index in [9.17, 15) is 4.79 Å². The van der Waals surface area contributed by atoms with Crippen LogP contribution in [0.3, 0.4) is 0 Å². The molecule has 1 amide bonds. The van der Waals surface area contributed by atoms with E-state index in [1.807, 2.05) is 53.9 Å². The number of thioether (sulfide) groups is 1. The number of carbonyl (C=O) groups excluding carboxylic acids is 1. The molecule has 3 aromatic heterocycles. The predicted molar refractivity (Wildman–Crippen MR) is 139 cm³/mol. The van der Waals surface area contributed by atoms with Crippen LogP contribution in [0.5, 0.6) is 0 Å². The van der Waals surface area contributed by atoms with Gasteiger partial charge in [-0.15, -0.1) is 21.5 Å². The Kier molecular flexibility index (Phi) is 6.69. The van der Waals surface area contributed by atoms with Gasteiger partial charge < -0.3 is 9.88 Å². The van der Waals surface area contributed by atoms with Gasteiger partial charge in [-0.2, -0.15) is 0 Å². The van der Waals surface area contributed by atoms with E-state index in [2.05, 4.69) is 51.3 Å². The van der Waals surface area contributed by atoms with E-state index in [4.69, 9.17) is 4.98 Å². The summed E-state index contributed by atoms with van der Waals surface area (Å²) in [4.78, 5) is 18.4. The highest BCUT2D eigenvalue weighted by molar-refractivity contribution is 7.99. The molecule has 170 valence electrons. The van der Waals surface area contributed by atoms with Gasteiger partial charge in [0.2, 0.25) is 5.91 Å².